The molecule has 0 aliphatic rings. The van der Waals surface area contributed by atoms with Crippen molar-refractivity contribution in [2.24, 2.45) is 0 Å². The van der Waals surface area contributed by atoms with Crippen molar-refractivity contribution in [2.45, 2.75) is 6.92 Å². The maximum Gasteiger partial charge on any atom is 0.222 e. The van der Waals surface area contributed by atoms with Crippen molar-refractivity contribution in [1.29, 1.82) is 0 Å². The number of thiazole rings is 1. The van der Waals surface area contributed by atoms with Crippen molar-refractivity contribution in [1.82, 2.24) is 19.9 Å². The second-order valence-electron chi connectivity index (χ2n) is 6.21. The first kappa shape index (κ1) is 20.3. The molecule has 4 rings (SSSR count). The molecule has 0 aliphatic carbocycles. The van der Waals surface area contributed by atoms with Gasteiger partial charge in [-0.15, -0.1) is 11.3 Å². The summed E-state index contributed by atoms with van der Waals surface area (Å²) in [5, 5.41) is 4.36. The summed E-state index contributed by atoms with van der Waals surface area (Å²) in [6.07, 6.45) is 4.96. The number of carbonyl (C=O) groups is 1. The van der Waals surface area contributed by atoms with Crippen molar-refractivity contribution in [3.05, 3.63) is 52.9 Å². The molecule has 2 N–H and O–H groups in total. The number of nitrogens with zero attached hydrogens (tertiary/aromatic N) is 3. The van der Waals surface area contributed by atoms with Crippen LogP contribution in [0.25, 0.3) is 32.5 Å². The van der Waals surface area contributed by atoms with E-state index in [4.69, 9.17) is 32.9 Å². The molecule has 0 bridgehead atoms. The second kappa shape index (κ2) is 8.43. The van der Waals surface area contributed by atoms with Gasteiger partial charge in [0.2, 0.25) is 5.91 Å². The number of H-pyrrole nitrogens is 1. The van der Waals surface area contributed by atoms with Crippen LogP contribution in [0.1, 0.15) is 6.92 Å². The Balaban J connectivity index is 1.91. The number of hydrogen-bond acceptors (Lipinski definition) is 6. The average Bonchev–Trinajstić information content (AvgIpc) is 3.37. The first-order valence-corrected chi connectivity index (χ1v) is 10.3. The van der Waals surface area contributed by atoms with Gasteiger partial charge in [0.1, 0.15) is 22.4 Å². The number of methoxy groups -OCH3 is 1. The van der Waals surface area contributed by atoms with Crippen LogP contribution in [0.4, 0.5) is 5.82 Å². The Morgan fingerprint density at radius 1 is 1.20 bits per heavy atom. The van der Waals surface area contributed by atoms with E-state index in [0.717, 1.165) is 10.4 Å². The topological polar surface area (TPSA) is 92.8 Å². The summed E-state index contributed by atoms with van der Waals surface area (Å²) in [4.78, 5) is 28.8. The maximum atomic E-state index is 11.4. The van der Waals surface area contributed by atoms with Gasteiger partial charge in [0.25, 0.3) is 0 Å². The number of pyridine rings is 1. The summed E-state index contributed by atoms with van der Waals surface area (Å²) in [6, 6.07) is 6.97. The van der Waals surface area contributed by atoms with Gasteiger partial charge in [0.05, 0.1) is 34.5 Å². The second-order valence-corrected chi connectivity index (χ2v) is 8.05. The standard InChI is InChI=1S/C20H15Cl2N5O2S/c1-10(28)26-16-8-13(15(29-2)9-25-16)20-27-17(12-4-3-11(21)7-14(12)22)18(30-20)19-23-5-6-24-19/h3-9H,1-2H3,(H,23,24)(H,25,26,28). The summed E-state index contributed by atoms with van der Waals surface area (Å²) in [7, 11) is 1.55. The highest BCUT2D eigenvalue weighted by Crippen LogP contribution is 2.44. The average molecular weight is 460 g/mol. The highest BCUT2D eigenvalue weighted by molar-refractivity contribution is 7.18. The third-order valence-corrected chi connectivity index (χ3v) is 5.79. The van der Waals surface area contributed by atoms with Gasteiger partial charge in [-0.2, -0.15) is 0 Å². The SMILES string of the molecule is COc1cnc(NC(C)=O)cc1-c1nc(-c2ccc(Cl)cc2Cl)c(-c2ncc[nH]2)s1. The zero-order valence-electron chi connectivity index (χ0n) is 15.9. The largest absolute Gasteiger partial charge is 0.494 e. The first-order valence-electron chi connectivity index (χ1n) is 8.74. The number of hydrogen-bond donors (Lipinski definition) is 2. The summed E-state index contributed by atoms with van der Waals surface area (Å²) < 4.78 is 5.47. The van der Waals surface area contributed by atoms with Crippen molar-refractivity contribution >= 4 is 46.3 Å². The van der Waals surface area contributed by atoms with Crippen LogP contribution in [-0.2, 0) is 4.79 Å². The van der Waals surface area contributed by atoms with E-state index in [1.165, 1.54) is 18.3 Å². The van der Waals surface area contributed by atoms with Gasteiger partial charge in [-0.1, -0.05) is 23.2 Å². The Labute approximate surface area is 186 Å². The Bertz CT molecular complexity index is 1220. The van der Waals surface area contributed by atoms with Crippen LogP contribution < -0.4 is 10.1 Å². The minimum absolute atomic E-state index is 0.220. The number of imidazole rings is 1. The minimum atomic E-state index is -0.220. The van der Waals surface area contributed by atoms with Crippen LogP contribution in [0, 0.1) is 0 Å². The molecule has 0 saturated heterocycles. The molecule has 7 nitrogen and oxygen atoms in total. The lowest BCUT2D eigenvalue weighted by Crippen LogP contribution is -2.07. The van der Waals surface area contributed by atoms with E-state index in [9.17, 15) is 4.79 Å². The number of carbonyl (C=O) groups excluding carboxylic acids is 1. The predicted molar refractivity (Wildman–Crippen MR) is 119 cm³/mol. The Kier molecular flexibility index (Phi) is 5.72. The highest BCUT2D eigenvalue weighted by atomic mass is 35.5. The van der Waals surface area contributed by atoms with Gasteiger partial charge in [0.15, 0.2) is 0 Å². The highest BCUT2D eigenvalue weighted by Gasteiger charge is 2.22. The molecule has 4 aromatic rings. The Morgan fingerprint density at radius 3 is 2.70 bits per heavy atom. The molecule has 3 heterocycles. The fraction of sp³-hybridized carbons (Fsp3) is 0.100. The van der Waals surface area contributed by atoms with E-state index < -0.39 is 0 Å². The van der Waals surface area contributed by atoms with Crippen LogP contribution in [0.3, 0.4) is 0 Å². The van der Waals surface area contributed by atoms with Crippen LogP contribution in [0.5, 0.6) is 5.75 Å². The molecule has 0 atom stereocenters. The number of anilines is 1. The number of aromatic nitrogens is 4. The van der Waals surface area contributed by atoms with E-state index in [-0.39, 0.29) is 5.91 Å². The van der Waals surface area contributed by atoms with E-state index in [1.807, 2.05) is 6.07 Å². The molecule has 0 radical (unpaired) electrons. The fourth-order valence-corrected chi connectivity index (χ4v) is 4.43. The molecule has 152 valence electrons. The quantitative estimate of drug-likeness (QED) is 0.408. The van der Waals surface area contributed by atoms with E-state index in [1.54, 1.807) is 43.9 Å². The van der Waals surface area contributed by atoms with Gasteiger partial charge in [0, 0.05) is 29.9 Å². The molecule has 1 aromatic carbocycles. The molecule has 1 amide bonds. The van der Waals surface area contributed by atoms with Gasteiger partial charge < -0.3 is 15.0 Å². The number of aromatic amines is 1. The first-order chi connectivity index (χ1) is 14.5. The summed E-state index contributed by atoms with van der Waals surface area (Å²) in [5.74, 6) is 1.37. The van der Waals surface area contributed by atoms with Gasteiger partial charge in [-0.25, -0.2) is 15.0 Å². The molecule has 0 aliphatic heterocycles. The molecular weight excluding hydrogens is 445 g/mol. The number of ether oxygens (including phenoxy) is 1. The fourth-order valence-electron chi connectivity index (χ4n) is 2.87. The summed E-state index contributed by atoms with van der Waals surface area (Å²) in [5.41, 5.74) is 2.07. The normalized spacial score (nSPS) is 10.8. The van der Waals surface area contributed by atoms with E-state index >= 15 is 0 Å². The number of nitrogens with one attached hydrogen (secondary N) is 2. The molecule has 3 aromatic heterocycles. The van der Waals surface area contributed by atoms with E-state index in [2.05, 4.69) is 20.3 Å². The lowest BCUT2D eigenvalue weighted by atomic mass is 10.1. The molecule has 0 unspecified atom stereocenters. The van der Waals surface area contributed by atoms with Gasteiger partial charge in [-0.05, 0) is 24.3 Å². The van der Waals surface area contributed by atoms with E-state index in [0.29, 0.717) is 43.7 Å². The molecule has 30 heavy (non-hydrogen) atoms. The van der Waals surface area contributed by atoms with Crippen LogP contribution in [0.2, 0.25) is 10.0 Å². The monoisotopic (exact) mass is 459 g/mol. The van der Waals surface area contributed by atoms with Crippen LogP contribution in [0.15, 0.2) is 42.9 Å². The predicted octanol–water partition coefficient (Wildman–Crippen LogP) is 5.54. The number of halogens is 2. The zero-order valence-corrected chi connectivity index (χ0v) is 18.2. The smallest absolute Gasteiger partial charge is 0.222 e. The summed E-state index contributed by atoms with van der Waals surface area (Å²) >= 11 is 13.9. The minimum Gasteiger partial charge on any atom is -0.494 e. The lowest BCUT2D eigenvalue weighted by Gasteiger charge is -2.08. The molecule has 0 spiro atoms. The third-order valence-electron chi connectivity index (χ3n) is 4.15. The Hall–Kier alpha value is -2.94. The number of amides is 1. The molecular formula is C20H15Cl2N5O2S. The molecule has 0 saturated carbocycles. The molecule has 0 fully saturated rings. The maximum absolute atomic E-state index is 11.4. The van der Waals surface area contributed by atoms with Crippen LogP contribution >= 0.6 is 34.5 Å². The summed E-state index contributed by atoms with van der Waals surface area (Å²) in [6.45, 7) is 1.42. The van der Waals surface area contributed by atoms with Crippen molar-refractivity contribution in [2.75, 3.05) is 12.4 Å². The van der Waals surface area contributed by atoms with Crippen molar-refractivity contribution in [3.8, 4) is 38.3 Å². The Morgan fingerprint density at radius 2 is 2.03 bits per heavy atom. The van der Waals surface area contributed by atoms with Crippen LogP contribution in [-0.4, -0.2) is 33.0 Å². The van der Waals surface area contributed by atoms with Gasteiger partial charge in [-0.3, -0.25) is 4.79 Å². The van der Waals surface area contributed by atoms with Gasteiger partial charge >= 0.3 is 0 Å². The zero-order chi connectivity index (χ0) is 21.3. The number of rotatable bonds is 5. The lowest BCUT2D eigenvalue weighted by molar-refractivity contribution is -0.114. The molecule has 10 heteroatoms. The third kappa shape index (κ3) is 4.02. The number of benzene rings is 1. The van der Waals surface area contributed by atoms with Crippen molar-refractivity contribution in [3.63, 3.8) is 0 Å². The van der Waals surface area contributed by atoms with Crippen molar-refractivity contribution < 1.29 is 9.53 Å².